The lowest BCUT2D eigenvalue weighted by atomic mass is 9.75. The summed E-state index contributed by atoms with van der Waals surface area (Å²) < 4.78 is 88.8. The summed E-state index contributed by atoms with van der Waals surface area (Å²) in [6.45, 7) is 2.47. The summed E-state index contributed by atoms with van der Waals surface area (Å²) in [6.07, 6.45) is -0.837. The Morgan fingerprint density at radius 3 is 2.32 bits per heavy atom. The van der Waals surface area contributed by atoms with E-state index in [1.807, 2.05) is 13.8 Å². The molecule has 3 heterocycles. The second-order valence-electron chi connectivity index (χ2n) is 11.1. The van der Waals surface area contributed by atoms with E-state index in [-0.39, 0.29) is 5.92 Å². The van der Waals surface area contributed by atoms with Gasteiger partial charge in [-0.2, -0.15) is 17.2 Å². The Morgan fingerprint density at radius 1 is 1.07 bits per heavy atom. The highest BCUT2D eigenvalue weighted by Crippen LogP contribution is 2.52. The average Bonchev–Trinajstić information content (AvgIpc) is 3.52. The highest BCUT2D eigenvalue weighted by molar-refractivity contribution is 7.86. The van der Waals surface area contributed by atoms with E-state index in [0.29, 0.717) is 13.3 Å². The minimum absolute atomic E-state index is 0.174. The van der Waals surface area contributed by atoms with E-state index < -0.39 is 100 Å². The van der Waals surface area contributed by atoms with E-state index in [0.717, 1.165) is 32.1 Å². The van der Waals surface area contributed by atoms with E-state index >= 15 is 0 Å². The lowest BCUT2D eigenvalue weighted by Crippen LogP contribution is -2.50. The fraction of sp³-hybridized carbons (Fsp3) is 0.840. The predicted molar refractivity (Wildman–Crippen MR) is 130 cm³/mol. The van der Waals surface area contributed by atoms with Gasteiger partial charge in [-0.1, -0.05) is 26.2 Å². The number of fused-ring (bicyclic) bond motifs is 1. The Kier molecular flexibility index (Phi) is 8.98. The molecule has 4 aliphatic rings. The molecule has 13 nitrogen and oxygen atoms in total. The van der Waals surface area contributed by atoms with Crippen LogP contribution in [0.1, 0.15) is 59.3 Å². The van der Waals surface area contributed by atoms with E-state index in [4.69, 9.17) is 28.2 Å². The number of carbonyl (C=O) groups excluding carboxylic acids is 4. The standard InChI is InChI=1S/C25H34F2O13S/c1-4-24(3,13-8-6-5-7-9-13)40-23(31)17-16-18-21(39-22(16)30)20(19(17)38-18)37-15(29)11-35-10-14(28)36-12(2)25(26,27)41(32,33)34/h12-13,16-21H,4-11H2,1-3H3,(H,32,33,34). The van der Waals surface area contributed by atoms with Crippen LogP contribution in [0.25, 0.3) is 0 Å². The summed E-state index contributed by atoms with van der Waals surface area (Å²) in [5.41, 5.74) is -0.737. The van der Waals surface area contributed by atoms with E-state index in [9.17, 15) is 36.4 Å². The van der Waals surface area contributed by atoms with Gasteiger partial charge in [0.2, 0.25) is 0 Å². The summed E-state index contributed by atoms with van der Waals surface area (Å²) in [4.78, 5) is 50.2. The molecule has 41 heavy (non-hydrogen) atoms. The molecule has 4 rings (SSSR count). The van der Waals surface area contributed by atoms with Crippen LogP contribution < -0.4 is 0 Å². The number of alkyl halides is 2. The monoisotopic (exact) mass is 612 g/mol. The lowest BCUT2D eigenvalue weighted by Gasteiger charge is -2.40. The van der Waals surface area contributed by atoms with Crippen molar-refractivity contribution in [3.05, 3.63) is 0 Å². The van der Waals surface area contributed by atoms with Crippen molar-refractivity contribution in [1.82, 2.24) is 0 Å². The number of carbonyl (C=O) groups is 4. The first-order valence-corrected chi connectivity index (χ1v) is 14.9. The summed E-state index contributed by atoms with van der Waals surface area (Å²) in [5.74, 6) is -5.55. The number of halogens is 2. The quantitative estimate of drug-likeness (QED) is 0.191. The van der Waals surface area contributed by atoms with Crippen molar-refractivity contribution in [3.8, 4) is 0 Å². The Balaban J connectivity index is 1.33. The van der Waals surface area contributed by atoms with Gasteiger partial charge in [0.1, 0.15) is 42.9 Å². The predicted octanol–water partition coefficient (Wildman–Crippen LogP) is 1.56. The third-order valence-corrected chi connectivity index (χ3v) is 9.53. The molecule has 3 aliphatic heterocycles. The Bertz CT molecular complexity index is 1150. The zero-order chi connectivity index (χ0) is 30.3. The first-order valence-electron chi connectivity index (χ1n) is 13.5. The van der Waals surface area contributed by atoms with Crippen molar-refractivity contribution in [3.63, 3.8) is 0 Å². The summed E-state index contributed by atoms with van der Waals surface area (Å²) in [5, 5.41) is -4.76. The van der Waals surface area contributed by atoms with Crippen molar-refractivity contribution in [2.75, 3.05) is 13.2 Å². The third-order valence-electron chi connectivity index (χ3n) is 8.51. The van der Waals surface area contributed by atoms with Crippen molar-refractivity contribution in [2.24, 2.45) is 17.8 Å². The second-order valence-corrected chi connectivity index (χ2v) is 12.6. The van der Waals surface area contributed by atoms with E-state index in [1.54, 1.807) is 0 Å². The molecule has 0 amide bonds. The normalized spacial score (nSPS) is 31.7. The molecular formula is C25H34F2O13S. The molecule has 0 aromatic carbocycles. The molecule has 16 heteroatoms. The maximum absolute atomic E-state index is 13.5. The Morgan fingerprint density at radius 2 is 1.71 bits per heavy atom. The van der Waals surface area contributed by atoms with Crippen LogP contribution in [0.2, 0.25) is 0 Å². The van der Waals surface area contributed by atoms with Crippen LogP contribution in [0.3, 0.4) is 0 Å². The van der Waals surface area contributed by atoms with E-state index in [1.165, 1.54) is 0 Å². The molecular weight excluding hydrogens is 578 g/mol. The van der Waals surface area contributed by atoms with Gasteiger partial charge in [0.25, 0.3) is 0 Å². The first-order chi connectivity index (χ1) is 19.1. The molecule has 0 spiro atoms. The van der Waals surface area contributed by atoms with Gasteiger partial charge in [-0.25, -0.2) is 9.59 Å². The van der Waals surface area contributed by atoms with Gasteiger partial charge in [0, 0.05) is 0 Å². The van der Waals surface area contributed by atoms with Crippen molar-refractivity contribution >= 4 is 34.0 Å². The van der Waals surface area contributed by atoms with Gasteiger partial charge in [0.05, 0.1) is 0 Å². The Hall–Kier alpha value is -2.43. The molecule has 8 atom stereocenters. The van der Waals surface area contributed by atoms with E-state index in [2.05, 4.69) is 4.74 Å². The van der Waals surface area contributed by atoms with Gasteiger partial charge in [-0.15, -0.1) is 0 Å². The molecule has 8 unspecified atom stereocenters. The van der Waals surface area contributed by atoms with Gasteiger partial charge in [-0.05, 0) is 39.0 Å². The maximum atomic E-state index is 13.5. The van der Waals surface area contributed by atoms with Gasteiger partial charge in [-0.3, -0.25) is 14.1 Å². The minimum atomic E-state index is -5.84. The molecule has 4 fully saturated rings. The summed E-state index contributed by atoms with van der Waals surface area (Å²) >= 11 is 0. The highest BCUT2D eigenvalue weighted by atomic mass is 32.2. The highest BCUT2D eigenvalue weighted by Gasteiger charge is 2.72. The topological polar surface area (TPSA) is 178 Å². The first kappa shape index (κ1) is 31.5. The number of esters is 4. The summed E-state index contributed by atoms with van der Waals surface area (Å²) in [7, 11) is -5.84. The molecule has 2 bridgehead atoms. The van der Waals surface area contributed by atoms with Crippen LogP contribution in [0.15, 0.2) is 0 Å². The fourth-order valence-electron chi connectivity index (χ4n) is 6.11. The molecule has 0 radical (unpaired) electrons. The smallest absolute Gasteiger partial charge is 0.405 e. The van der Waals surface area contributed by atoms with Crippen LogP contribution in [-0.4, -0.2) is 91.4 Å². The molecule has 0 aromatic rings. The van der Waals surface area contributed by atoms with Gasteiger partial charge in [0.15, 0.2) is 18.3 Å². The molecule has 1 N–H and O–H groups in total. The molecule has 1 saturated carbocycles. The largest absolute Gasteiger partial charge is 0.459 e. The van der Waals surface area contributed by atoms with Gasteiger partial charge < -0.3 is 28.4 Å². The lowest BCUT2D eigenvalue weighted by molar-refractivity contribution is -0.180. The minimum Gasteiger partial charge on any atom is -0.459 e. The third kappa shape index (κ3) is 6.06. The van der Waals surface area contributed by atoms with Crippen LogP contribution >= 0.6 is 0 Å². The summed E-state index contributed by atoms with van der Waals surface area (Å²) in [6, 6.07) is 0. The molecule has 1 aliphatic carbocycles. The van der Waals surface area contributed by atoms with Gasteiger partial charge >= 0.3 is 39.2 Å². The molecule has 3 saturated heterocycles. The molecule has 232 valence electrons. The van der Waals surface area contributed by atoms with Crippen LogP contribution in [-0.2, 0) is 57.7 Å². The second kappa shape index (κ2) is 11.7. The van der Waals surface area contributed by atoms with Crippen LogP contribution in [0, 0.1) is 17.8 Å². The van der Waals surface area contributed by atoms with Crippen molar-refractivity contribution in [1.29, 1.82) is 0 Å². The molecule has 0 aromatic heterocycles. The van der Waals surface area contributed by atoms with Crippen molar-refractivity contribution in [2.45, 2.75) is 101 Å². The van der Waals surface area contributed by atoms with Crippen LogP contribution in [0.4, 0.5) is 8.78 Å². The van der Waals surface area contributed by atoms with Crippen molar-refractivity contribution < 1.29 is 69.4 Å². The number of hydrogen-bond acceptors (Lipinski definition) is 12. The SMILES string of the molecule is CCC(C)(OC(=O)C1C2OC3C(OC(=O)C31)C2OC(=O)COCC(=O)OC(C)C(F)(F)S(=O)(=O)O)C1CCCCC1. The Labute approximate surface area is 235 Å². The van der Waals surface area contributed by atoms with Crippen LogP contribution in [0.5, 0.6) is 0 Å². The number of ether oxygens (including phenoxy) is 6. The number of rotatable bonds is 12. The zero-order valence-corrected chi connectivity index (χ0v) is 23.6. The number of hydrogen-bond donors (Lipinski definition) is 1. The maximum Gasteiger partial charge on any atom is 0.405 e. The zero-order valence-electron chi connectivity index (χ0n) is 22.8. The average molecular weight is 613 g/mol. The fourth-order valence-corrected chi connectivity index (χ4v) is 6.58.